The van der Waals surface area contributed by atoms with Gasteiger partial charge in [0.2, 0.25) is 0 Å². The topological polar surface area (TPSA) is 93.1 Å². The first-order chi connectivity index (χ1) is 19.9. The minimum Gasteiger partial charge on any atom is -0.508 e. The van der Waals surface area contributed by atoms with Crippen LogP contribution >= 0.6 is 0 Å². The second-order valence-electron chi connectivity index (χ2n) is 10.1. The lowest BCUT2D eigenvalue weighted by molar-refractivity contribution is 0.0635. The number of ether oxygens (including phenoxy) is 2. The average Bonchev–Trinajstić information content (AvgIpc) is 3.33. The summed E-state index contributed by atoms with van der Waals surface area (Å²) >= 11 is 0. The van der Waals surface area contributed by atoms with Crippen molar-refractivity contribution in [2.24, 2.45) is 0 Å². The van der Waals surface area contributed by atoms with Crippen LogP contribution in [0.1, 0.15) is 37.8 Å². The van der Waals surface area contributed by atoms with Gasteiger partial charge >= 0.3 is 11.9 Å². The van der Waals surface area contributed by atoms with Crippen LogP contribution in [-0.2, 0) is 4.74 Å². The van der Waals surface area contributed by atoms with Crippen LogP contribution in [0.25, 0.3) is 27.6 Å². The number of phenolic OH excluding ortho intramolecular Hbond substituents is 2. The molecule has 0 aromatic heterocycles. The van der Waals surface area contributed by atoms with Gasteiger partial charge in [-0.2, -0.15) is 0 Å². The van der Waals surface area contributed by atoms with E-state index >= 15 is 0 Å². The van der Waals surface area contributed by atoms with Crippen LogP contribution in [0.15, 0.2) is 121 Å². The molecule has 0 spiro atoms. The number of rotatable bonds is 4. The lowest BCUT2D eigenvalue weighted by Gasteiger charge is -2.16. The number of benzene rings is 5. The average molecular weight is 539 g/mol. The molecule has 0 radical (unpaired) electrons. The van der Waals surface area contributed by atoms with E-state index < -0.39 is 11.9 Å². The zero-order chi connectivity index (χ0) is 28.1. The van der Waals surface area contributed by atoms with Gasteiger partial charge in [-0.05, 0) is 111 Å². The van der Waals surface area contributed by atoms with E-state index in [-0.39, 0.29) is 17.4 Å². The third-order valence-electron chi connectivity index (χ3n) is 7.38. The van der Waals surface area contributed by atoms with Crippen molar-refractivity contribution in [3.8, 4) is 17.2 Å². The molecule has 0 amide bonds. The summed E-state index contributed by atoms with van der Waals surface area (Å²) in [6, 6.07) is 25.9. The van der Waals surface area contributed by atoms with Crippen molar-refractivity contribution in [3.63, 3.8) is 0 Å². The molecular formula is C35H22O6. The van der Waals surface area contributed by atoms with Crippen LogP contribution in [0.5, 0.6) is 17.2 Å². The third-order valence-corrected chi connectivity index (χ3v) is 7.38. The molecule has 7 rings (SSSR count). The largest absolute Gasteiger partial charge is 0.508 e. The number of esters is 2. The molecule has 0 saturated carbocycles. The number of hydrogen-bond acceptors (Lipinski definition) is 6. The van der Waals surface area contributed by atoms with Gasteiger partial charge in [0.05, 0.1) is 11.1 Å². The summed E-state index contributed by atoms with van der Waals surface area (Å²) in [7, 11) is 0. The van der Waals surface area contributed by atoms with Crippen molar-refractivity contribution in [2.45, 2.75) is 5.92 Å². The first kappa shape index (κ1) is 24.4. The fraction of sp³-hybridized carbons (Fsp3) is 0.0286. The molecule has 0 fully saturated rings. The van der Waals surface area contributed by atoms with Crippen LogP contribution in [-0.4, -0.2) is 22.2 Å². The Morgan fingerprint density at radius 2 is 1.20 bits per heavy atom. The Bertz CT molecular complexity index is 2010. The molecule has 0 saturated heterocycles. The molecular weight excluding hydrogens is 516 g/mol. The number of phenols is 2. The first-order valence-corrected chi connectivity index (χ1v) is 13.0. The summed E-state index contributed by atoms with van der Waals surface area (Å²) in [4.78, 5) is 25.7. The van der Waals surface area contributed by atoms with Gasteiger partial charge in [0, 0.05) is 5.92 Å². The van der Waals surface area contributed by atoms with Gasteiger partial charge < -0.3 is 19.7 Å². The van der Waals surface area contributed by atoms with Gasteiger partial charge in [-0.1, -0.05) is 42.5 Å². The van der Waals surface area contributed by atoms with Gasteiger partial charge in [-0.25, -0.2) is 9.59 Å². The van der Waals surface area contributed by atoms with Gasteiger partial charge in [-0.15, -0.1) is 0 Å². The van der Waals surface area contributed by atoms with Crippen molar-refractivity contribution in [3.05, 3.63) is 143 Å². The molecule has 198 valence electrons. The zero-order valence-electron chi connectivity index (χ0n) is 21.6. The zero-order valence-corrected chi connectivity index (χ0v) is 21.6. The molecule has 1 unspecified atom stereocenters. The Balaban J connectivity index is 1.07. The standard InChI is InChI=1S/C35H22O6/c36-28-7-5-20-13-24(3-1-22(20)16-28)34(38)40-30-9-11-32-26(18-30)15-27-19-31(10-12-33(27)32)41-35(39)25-4-2-23-17-29(37)8-6-21(23)14-25/h1-19,32,36-37H. The first-order valence-electron chi connectivity index (χ1n) is 13.0. The van der Waals surface area contributed by atoms with Gasteiger partial charge in [-0.3, -0.25) is 0 Å². The molecule has 41 heavy (non-hydrogen) atoms. The highest BCUT2D eigenvalue weighted by Gasteiger charge is 2.26. The second-order valence-corrected chi connectivity index (χ2v) is 10.1. The van der Waals surface area contributed by atoms with Crippen LogP contribution in [0.3, 0.4) is 0 Å². The molecule has 2 N–H and O–H groups in total. The number of carbonyl (C=O) groups excluding carboxylic acids is 2. The van der Waals surface area contributed by atoms with Crippen molar-refractivity contribution < 1.29 is 29.3 Å². The monoisotopic (exact) mass is 538 g/mol. The van der Waals surface area contributed by atoms with Gasteiger partial charge in [0.25, 0.3) is 0 Å². The molecule has 6 nitrogen and oxygen atoms in total. The van der Waals surface area contributed by atoms with Gasteiger partial charge in [0.1, 0.15) is 23.0 Å². The van der Waals surface area contributed by atoms with E-state index in [0.29, 0.717) is 22.6 Å². The van der Waals surface area contributed by atoms with Crippen LogP contribution < -0.4 is 4.74 Å². The molecule has 5 aromatic rings. The molecule has 1 atom stereocenters. The fourth-order valence-corrected chi connectivity index (χ4v) is 5.34. The number of allylic oxidation sites excluding steroid dienone is 4. The predicted octanol–water partition coefficient (Wildman–Crippen LogP) is 7.41. The maximum Gasteiger partial charge on any atom is 0.343 e. The maximum absolute atomic E-state index is 12.9. The molecule has 5 aromatic carbocycles. The highest BCUT2D eigenvalue weighted by Crippen LogP contribution is 2.42. The maximum atomic E-state index is 12.9. The number of carbonyl (C=O) groups is 2. The highest BCUT2D eigenvalue weighted by atomic mass is 16.5. The normalized spacial score (nSPS) is 15.2. The molecule has 2 aliphatic rings. The molecule has 0 bridgehead atoms. The summed E-state index contributed by atoms with van der Waals surface area (Å²) in [5.41, 5.74) is 3.80. The third kappa shape index (κ3) is 4.61. The van der Waals surface area contributed by atoms with E-state index in [1.807, 2.05) is 30.4 Å². The lowest BCUT2D eigenvalue weighted by Crippen LogP contribution is -2.09. The number of fused-ring (bicyclic) bond motifs is 5. The highest BCUT2D eigenvalue weighted by molar-refractivity contribution is 5.97. The van der Waals surface area contributed by atoms with Crippen LogP contribution in [0.2, 0.25) is 0 Å². The van der Waals surface area contributed by atoms with Crippen LogP contribution in [0, 0.1) is 0 Å². The smallest absolute Gasteiger partial charge is 0.343 e. The summed E-state index contributed by atoms with van der Waals surface area (Å²) in [6.45, 7) is 0. The minimum atomic E-state index is -0.470. The predicted molar refractivity (Wildman–Crippen MR) is 156 cm³/mol. The van der Waals surface area contributed by atoms with Crippen molar-refractivity contribution in [2.75, 3.05) is 0 Å². The van der Waals surface area contributed by atoms with E-state index in [9.17, 15) is 19.8 Å². The van der Waals surface area contributed by atoms with E-state index in [2.05, 4.69) is 0 Å². The Kier molecular flexibility index (Phi) is 5.68. The lowest BCUT2D eigenvalue weighted by atomic mass is 9.92. The molecule has 0 heterocycles. The summed E-state index contributed by atoms with van der Waals surface area (Å²) in [5.74, 6) is 0.285. The second kappa shape index (κ2) is 9.54. The van der Waals surface area contributed by atoms with E-state index in [1.54, 1.807) is 84.9 Å². The fourth-order valence-electron chi connectivity index (χ4n) is 5.34. The van der Waals surface area contributed by atoms with Crippen molar-refractivity contribution in [1.29, 1.82) is 0 Å². The molecule has 2 aliphatic carbocycles. The Morgan fingerprint density at radius 3 is 1.85 bits per heavy atom. The summed E-state index contributed by atoms with van der Waals surface area (Å²) in [6.07, 6.45) is 7.63. The molecule has 6 heteroatoms. The number of hydrogen-bond donors (Lipinski definition) is 2. The SMILES string of the molecule is O=C(OC1=CC2=Cc3cc(OC(=O)c4ccc5cc(O)ccc5c4)ccc3C2C=C1)c1ccc2cc(O)ccc2c1. The van der Waals surface area contributed by atoms with E-state index in [1.165, 1.54) is 0 Å². The Labute approximate surface area is 234 Å². The summed E-state index contributed by atoms with van der Waals surface area (Å²) in [5, 5.41) is 22.7. The van der Waals surface area contributed by atoms with E-state index in [4.69, 9.17) is 9.47 Å². The summed E-state index contributed by atoms with van der Waals surface area (Å²) < 4.78 is 11.4. The van der Waals surface area contributed by atoms with Crippen LogP contribution in [0.4, 0.5) is 0 Å². The molecule has 0 aliphatic heterocycles. The quantitative estimate of drug-likeness (QED) is 0.183. The van der Waals surface area contributed by atoms with Crippen molar-refractivity contribution >= 4 is 39.6 Å². The Morgan fingerprint density at radius 1 is 0.610 bits per heavy atom. The van der Waals surface area contributed by atoms with E-state index in [0.717, 1.165) is 38.2 Å². The van der Waals surface area contributed by atoms with Gasteiger partial charge in [0.15, 0.2) is 0 Å². The Hall–Kier alpha value is -5.62. The minimum absolute atomic E-state index is 0.0162. The number of aromatic hydroxyl groups is 2. The van der Waals surface area contributed by atoms with Crippen molar-refractivity contribution in [1.82, 2.24) is 0 Å².